The molecule has 1 spiro atoms. The van der Waals surface area contributed by atoms with Gasteiger partial charge < -0.3 is 18.9 Å². The van der Waals surface area contributed by atoms with Crippen molar-refractivity contribution in [2.24, 2.45) is 0 Å². The fourth-order valence-electron chi connectivity index (χ4n) is 19.9. The lowest BCUT2D eigenvalue weighted by molar-refractivity contribution is 0.660. The fourth-order valence-corrected chi connectivity index (χ4v) is 19.9. The minimum absolute atomic E-state index is 0.142. The van der Waals surface area contributed by atoms with Gasteiger partial charge in [0.1, 0.15) is 0 Å². The lowest BCUT2D eigenvalue weighted by Crippen LogP contribution is -2.26. The zero-order chi connectivity index (χ0) is 76.7. The molecule has 0 aliphatic heterocycles. The summed E-state index contributed by atoms with van der Waals surface area (Å²) in [7, 11) is 0. The van der Waals surface area contributed by atoms with Gasteiger partial charge in [-0.2, -0.15) is 0 Å². The SMILES string of the molecule is CC1(C)c2ccccc2-c2ccc(N(c3ccc(-c4ccccc4)cc3)c3cccc(-c4ccc(-n5c6ccccc6c6cc(-c7cccc(-c8ccc(N(c9ccc(-c%10ccc(-n%11c%12ccccc%12c%12ccccc%12%11)cc%10)cc9)c9ccc%10c(c9)C9(c%11ccccc%11-c%11ccccc%119)c9ccccc9-%10)cc8)c7)ccc65)cc4)c3)cc21. The number of aromatic nitrogens is 2. The van der Waals surface area contributed by atoms with Gasteiger partial charge in [-0.1, -0.05) is 305 Å². The van der Waals surface area contributed by atoms with Crippen LogP contribution in [0, 0.1) is 0 Å². The predicted molar refractivity (Wildman–Crippen MR) is 486 cm³/mol. The predicted octanol–water partition coefficient (Wildman–Crippen LogP) is 29.8. The summed E-state index contributed by atoms with van der Waals surface area (Å²) in [5.74, 6) is 0. The van der Waals surface area contributed by atoms with Crippen molar-refractivity contribution < 1.29 is 0 Å². The average molecular weight is 1480 g/mol. The molecular formula is C112H76N4. The maximum absolute atomic E-state index is 2.49. The Labute approximate surface area is 675 Å². The summed E-state index contributed by atoms with van der Waals surface area (Å²) < 4.78 is 4.81. The van der Waals surface area contributed by atoms with Crippen LogP contribution in [0.3, 0.4) is 0 Å². The zero-order valence-corrected chi connectivity index (χ0v) is 64.2. The summed E-state index contributed by atoms with van der Waals surface area (Å²) in [5, 5.41) is 4.95. The largest absolute Gasteiger partial charge is 0.310 e. The molecule has 0 radical (unpaired) electrons. The maximum Gasteiger partial charge on any atom is 0.0726 e. The van der Waals surface area contributed by atoms with Gasteiger partial charge in [-0.25, -0.2) is 0 Å². The molecule has 0 atom stereocenters. The second kappa shape index (κ2) is 26.4. The molecule has 2 heterocycles. The van der Waals surface area contributed by atoms with Gasteiger partial charge in [0.25, 0.3) is 0 Å². The molecule has 2 aromatic heterocycles. The van der Waals surface area contributed by atoms with E-state index >= 15 is 0 Å². The van der Waals surface area contributed by atoms with Crippen molar-refractivity contribution in [3.63, 3.8) is 0 Å². The Kier molecular flexibility index (Phi) is 15.2. The molecule has 0 saturated carbocycles. The van der Waals surface area contributed by atoms with E-state index in [9.17, 15) is 0 Å². The van der Waals surface area contributed by atoms with Gasteiger partial charge >= 0.3 is 0 Å². The summed E-state index contributed by atoms with van der Waals surface area (Å²) in [5.41, 5.74) is 40.4. The maximum atomic E-state index is 2.49. The number of anilines is 6. The molecule has 3 aliphatic rings. The third-order valence-electron chi connectivity index (χ3n) is 25.4. The number of rotatable bonds is 13. The van der Waals surface area contributed by atoms with Crippen LogP contribution in [0.15, 0.2) is 425 Å². The third-order valence-corrected chi connectivity index (χ3v) is 25.4. The first kappa shape index (κ1) is 66.9. The molecule has 4 heteroatoms. The van der Waals surface area contributed by atoms with Gasteiger partial charge in [0, 0.05) is 72.5 Å². The Morgan fingerprint density at radius 2 is 0.483 bits per heavy atom. The van der Waals surface area contributed by atoms with Gasteiger partial charge in [-0.3, -0.25) is 0 Å². The van der Waals surface area contributed by atoms with Crippen LogP contribution < -0.4 is 9.80 Å². The lowest BCUT2D eigenvalue weighted by Gasteiger charge is -2.32. The molecule has 0 fully saturated rings. The number of para-hydroxylation sites is 3. The molecule has 0 amide bonds. The monoisotopic (exact) mass is 1480 g/mol. The Balaban J connectivity index is 0.570. The van der Waals surface area contributed by atoms with Gasteiger partial charge in [0.2, 0.25) is 0 Å². The molecule has 23 rings (SSSR count). The van der Waals surface area contributed by atoms with Crippen molar-refractivity contribution in [3.8, 4) is 100 Å². The highest BCUT2D eigenvalue weighted by Gasteiger charge is 2.52. The van der Waals surface area contributed by atoms with Crippen molar-refractivity contribution in [3.05, 3.63) is 458 Å². The van der Waals surface area contributed by atoms with Crippen LogP contribution in [0.1, 0.15) is 47.2 Å². The minimum atomic E-state index is -0.491. The van der Waals surface area contributed by atoms with Crippen molar-refractivity contribution in [2.75, 3.05) is 9.80 Å². The quantitative estimate of drug-likeness (QED) is 0.114. The molecule has 0 saturated heterocycles. The highest BCUT2D eigenvalue weighted by molar-refractivity contribution is 6.11. The molecule has 0 N–H and O–H groups in total. The average Bonchev–Trinajstić information content (AvgIpc) is 1.51. The molecule has 0 unspecified atom stereocenters. The second-order valence-corrected chi connectivity index (χ2v) is 31.9. The number of nitrogens with zero attached hydrogens (tertiary/aromatic N) is 4. The lowest BCUT2D eigenvalue weighted by atomic mass is 9.70. The molecule has 18 aromatic carbocycles. The van der Waals surface area contributed by atoms with Crippen LogP contribution in [0.5, 0.6) is 0 Å². The van der Waals surface area contributed by atoms with E-state index in [2.05, 4.69) is 457 Å². The van der Waals surface area contributed by atoms with E-state index in [4.69, 9.17) is 0 Å². The van der Waals surface area contributed by atoms with Crippen molar-refractivity contribution >= 4 is 77.7 Å². The number of hydrogen-bond acceptors (Lipinski definition) is 2. The first-order valence-corrected chi connectivity index (χ1v) is 40.3. The summed E-state index contributed by atoms with van der Waals surface area (Å²) in [4.78, 5) is 4.88. The molecule has 0 bridgehead atoms. The Bertz CT molecular complexity index is 7210. The number of hydrogen-bond donors (Lipinski definition) is 0. The van der Waals surface area contributed by atoms with Gasteiger partial charge in [-0.05, 0) is 256 Å². The smallest absolute Gasteiger partial charge is 0.0726 e. The van der Waals surface area contributed by atoms with Gasteiger partial charge in [0.05, 0.1) is 27.5 Å². The van der Waals surface area contributed by atoms with E-state index in [0.717, 1.165) is 90.0 Å². The van der Waals surface area contributed by atoms with E-state index in [1.165, 1.54) is 122 Å². The van der Waals surface area contributed by atoms with E-state index in [1.807, 2.05) is 0 Å². The molecule has 4 nitrogen and oxygen atoms in total. The summed E-state index contributed by atoms with van der Waals surface area (Å²) >= 11 is 0. The third kappa shape index (κ3) is 10.4. The number of fused-ring (bicyclic) bond motifs is 19. The van der Waals surface area contributed by atoms with Gasteiger partial charge in [-0.15, -0.1) is 0 Å². The number of benzene rings is 18. The topological polar surface area (TPSA) is 16.3 Å². The summed E-state index contributed by atoms with van der Waals surface area (Å²) in [6.45, 7) is 4.72. The molecule has 20 aromatic rings. The van der Waals surface area contributed by atoms with Crippen molar-refractivity contribution in [1.29, 1.82) is 0 Å². The normalized spacial score (nSPS) is 13.1. The first-order chi connectivity index (χ1) is 57.3. The highest BCUT2D eigenvalue weighted by Crippen LogP contribution is 2.64. The zero-order valence-electron chi connectivity index (χ0n) is 64.2. The summed E-state index contributed by atoms with van der Waals surface area (Å²) in [6.07, 6.45) is 0. The Morgan fingerprint density at radius 3 is 0.983 bits per heavy atom. The molecular weight excluding hydrogens is 1400 g/mol. The Hall–Kier alpha value is -14.8. The van der Waals surface area contributed by atoms with E-state index in [-0.39, 0.29) is 5.41 Å². The van der Waals surface area contributed by atoms with Crippen LogP contribution >= 0.6 is 0 Å². The van der Waals surface area contributed by atoms with Crippen LogP contribution in [-0.2, 0) is 10.8 Å². The van der Waals surface area contributed by atoms with Gasteiger partial charge in [0.15, 0.2) is 0 Å². The standard InChI is InChI=1S/C112H76N4/c1-111(2)101-35-13-6-28-91(101)95-65-63-89(71-105(95)111)114(85-55-42-74(43-56-85)73-22-4-3-5-23-73)88-27-21-26-81(69-88)78-50-61-87(62-51-78)116-109-41-19-12-34-99(109)100-70-82(52-67-110(100)116)80-25-20-24-79(68-80)77-48-57-84(58-49-77)113(83-53-44-75(45-54-83)76-46-59-86(60-47-76)115-107-39-17-10-32-97(107)98-33-11-18-40-108(98)115)90-64-66-96-94-31-9-16-38-104(94)112(106(96)72-90)102-36-14-7-29-92(102)93-30-8-15-37-103(93)112/h3-72H,1-2H3. The van der Waals surface area contributed by atoms with Crippen molar-refractivity contribution in [2.45, 2.75) is 24.7 Å². The summed E-state index contributed by atoms with van der Waals surface area (Å²) in [6, 6.07) is 158. The van der Waals surface area contributed by atoms with Crippen LogP contribution in [0.4, 0.5) is 34.1 Å². The van der Waals surface area contributed by atoms with E-state index < -0.39 is 5.41 Å². The molecule has 544 valence electrons. The fraction of sp³-hybridized carbons (Fsp3) is 0.0357. The molecule has 116 heavy (non-hydrogen) atoms. The first-order valence-electron chi connectivity index (χ1n) is 40.3. The van der Waals surface area contributed by atoms with E-state index in [1.54, 1.807) is 0 Å². The van der Waals surface area contributed by atoms with E-state index in [0.29, 0.717) is 0 Å². The van der Waals surface area contributed by atoms with Crippen molar-refractivity contribution in [1.82, 2.24) is 9.13 Å². The second-order valence-electron chi connectivity index (χ2n) is 31.9. The van der Waals surface area contributed by atoms with Crippen LogP contribution in [0.2, 0.25) is 0 Å². The van der Waals surface area contributed by atoms with Crippen LogP contribution in [0.25, 0.3) is 144 Å². The molecule has 3 aliphatic carbocycles. The highest BCUT2D eigenvalue weighted by atomic mass is 15.1. The Morgan fingerprint density at radius 1 is 0.181 bits per heavy atom. The minimum Gasteiger partial charge on any atom is -0.310 e. The van der Waals surface area contributed by atoms with Crippen LogP contribution in [-0.4, -0.2) is 9.13 Å².